The summed E-state index contributed by atoms with van der Waals surface area (Å²) in [5, 5.41) is 6.94. The summed E-state index contributed by atoms with van der Waals surface area (Å²) in [6, 6.07) is 10.6. The van der Waals surface area contributed by atoms with Crippen LogP contribution in [-0.4, -0.2) is 16.8 Å². The van der Waals surface area contributed by atoms with Crippen molar-refractivity contribution in [3.05, 3.63) is 75.4 Å². The fraction of sp³-hybridized carbons (Fsp3) is 0.320. The number of carbonyl (C=O) groups excluding carboxylic acids is 2. The first-order valence-electron chi connectivity index (χ1n) is 10.7. The van der Waals surface area contributed by atoms with Gasteiger partial charge in [0.25, 0.3) is 11.8 Å². The maximum absolute atomic E-state index is 13.4. The van der Waals surface area contributed by atoms with Gasteiger partial charge < -0.3 is 10.6 Å². The summed E-state index contributed by atoms with van der Waals surface area (Å²) in [6.45, 7) is 6.77. The molecule has 1 aliphatic carbocycles. The average Bonchev–Trinajstić information content (AvgIpc) is 3.12. The van der Waals surface area contributed by atoms with Crippen molar-refractivity contribution < 1.29 is 9.59 Å². The van der Waals surface area contributed by atoms with Crippen LogP contribution in [0.2, 0.25) is 5.02 Å². The highest BCUT2D eigenvalue weighted by Gasteiger charge is 2.34. The van der Waals surface area contributed by atoms with Gasteiger partial charge in [0.05, 0.1) is 21.8 Å². The van der Waals surface area contributed by atoms with Crippen LogP contribution in [0.15, 0.2) is 48.8 Å². The Labute approximate surface area is 197 Å². The second-order valence-electron chi connectivity index (χ2n) is 9.14. The number of pyridine rings is 1. The van der Waals surface area contributed by atoms with Gasteiger partial charge in [-0.25, -0.2) is 0 Å². The summed E-state index contributed by atoms with van der Waals surface area (Å²) >= 11 is 7.76. The molecule has 32 heavy (non-hydrogen) atoms. The van der Waals surface area contributed by atoms with Gasteiger partial charge in [-0.3, -0.25) is 14.6 Å². The predicted molar refractivity (Wildman–Crippen MR) is 131 cm³/mol. The Morgan fingerprint density at radius 2 is 1.88 bits per heavy atom. The minimum Gasteiger partial charge on any atom is -0.321 e. The molecule has 2 heterocycles. The van der Waals surface area contributed by atoms with Crippen LogP contribution in [0, 0.1) is 11.3 Å². The fourth-order valence-electron chi connectivity index (χ4n) is 4.07. The number of aromatic nitrogens is 1. The molecule has 166 valence electrons. The Kier molecular flexibility index (Phi) is 6.35. The molecule has 0 spiro atoms. The van der Waals surface area contributed by atoms with E-state index in [1.54, 1.807) is 30.5 Å². The maximum Gasteiger partial charge on any atom is 0.258 e. The number of carbonyl (C=O) groups is 2. The van der Waals surface area contributed by atoms with Gasteiger partial charge >= 0.3 is 0 Å². The van der Waals surface area contributed by atoms with Gasteiger partial charge in [-0.2, -0.15) is 0 Å². The summed E-state index contributed by atoms with van der Waals surface area (Å²) in [5.74, 6) is -0.0165. The highest BCUT2D eigenvalue weighted by Crippen LogP contribution is 2.44. The predicted octanol–water partition coefficient (Wildman–Crippen LogP) is 6.45. The lowest BCUT2D eigenvalue weighted by Crippen LogP contribution is -2.27. The molecular formula is C25H26ClN3O2S. The monoisotopic (exact) mass is 467 g/mol. The largest absolute Gasteiger partial charge is 0.321 e. The molecule has 0 unspecified atom stereocenters. The zero-order valence-electron chi connectivity index (χ0n) is 18.4. The summed E-state index contributed by atoms with van der Waals surface area (Å²) in [7, 11) is 0. The topological polar surface area (TPSA) is 71.1 Å². The first-order valence-corrected chi connectivity index (χ1v) is 11.8. The Balaban J connectivity index is 1.70. The van der Waals surface area contributed by atoms with E-state index in [1.165, 1.54) is 22.4 Å². The molecule has 7 heteroatoms. The standard InChI is InChI=1S/C25H26ClN3O2S/c1-25(2,3)16-10-11-17-20(13-16)32-24(29-22(30)15-7-6-12-27-14-15)21(17)23(31)28-19-9-5-4-8-18(19)26/h4-9,12,14,16H,10-11,13H2,1-3H3,(H,28,31)(H,29,30)/t16-/m0/s1. The van der Waals surface area contributed by atoms with E-state index in [4.69, 9.17) is 11.6 Å². The highest BCUT2D eigenvalue weighted by atomic mass is 35.5. The minimum atomic E-state index is -0.282. The minimum absolute atomic E-state index is 0.181. The van der Waals surface area contributed by atoms with Gasteiger partial charge in [0.2, 0.25) is 0 Å². The molecule has 0 aliphatic heterocycles. The lowest BCUT2D eigenvalue weighted by Gasteiger charge is -2.33. The van der Waals surface area contributed by atoms with Crippen LogP contribution in [0.3, 0.4) is 0 Å². The number of halogens is 1. The molecule has 0 saturated heterocycles. The van der Waals surface area contributed by atoms with Crippen molar-refractivity contribution in [1.29, 1.82) is 0 Å². The molecule has 0 bridgehead atoms. The number of rotatable bonds is 4. The molecule has 2 aromatic heterocycles. The molecule has 4 rings (SSSR count). The van der Waals surface area contributed by atoms with Crippen LogP contribution in [0.5, 0.6) is 0 Å². The molecule has 0 radical (unpaired) electrons. The van der Waals surface area contributed by atoms with Gasteiger partial charge in [-0.1, -0.05) is 44.5 Å². The third kappa shape index (κ3) is 4.71. The van der Waals surface area contributed by atoms with E-state index >= 15 is 0 Å². The maximum atomic E-state index is 13.4. The molecule has 5 nitrogen and oxygen atoms in total. The highest BCUT2D eigenvalue weighted by molar-refractivity contribution is 7.17. The van der Waals surface area contributed by atoms with Crippen LogP contribution in [0.1, 0.15) is 58.3 Å². The van der Waals surface area contributed by atoms with E-state index in [9.17, 15) is 9.59 Å². The Hall–Kier alpha value is -2.70. The number of anilines is 2. The molecular weight excluding hydrogens is 442 g/mol. The van der Waals surface area contributed by atoms with E-state index in [0.29, 0.717) is 32.8 Å². The zero-order chi connectivity index (χ0) is 22.9. The number of nitrogens with one attached hydrogen (secondary N) is 2. The number of amides is 2. The van der Waals surface area contributed by atoms with E-state index in [0.717, 1.165) is 24.8 Å². The number of fused-ring (bicyclic) bond motifs is 1. The van der Waals surface area contributed by atoms with Gasteiger partial charge in [-0.15, -0.1) is 11.3 Å². The smallest absolute Gasteiger partial charge is 0.258 e. The fourth-order valence-corrected chi connectivity index (χ4v) is 5.58. The SMILES string of the molecule is CC(C)(C)[C@H]1CCc2c(sc(NC(=O)c3cccnc3)c2C(=O)Nc2ccccc2Cl)C1. The normalized spacial score (nSPS) is 15.7. The van der Waals surface area contributed by atoms with E-state index in [-0.39, 0.29) is 17.2 Å². The molecule has 1 atom stereocenters. The van der Waals surface area contributed by atoms with Gasteiger partial charge in [0.1, 0.15) is 5.00 Å². The molecule has 3 aromatic rings. The number of thiophene rings is 1. The number of nitrogens with zero attached hydrogens (tertiary/aromatic N) is 1. The van der Waals surface area contributed by atoms with Crippen molar-refractivity contribution in [2.45, 2.75) is 40.0 Å². The first kappa shape index (κ1) is 22.5. The van der Waals surface area contributed by atoms with Gasteiger partial charge in [0, 0.05) is 17.3 Å². The second kappa shape index (κ2) is 9.04. The molecule has 2 N–H and O–H groups in total. The summed E-state index contributed by atoms with van der Waals surface area (Å²) in [4.78, 5) is 31.4. The van der Waals surface area contributed by atoms with Crippen molar-refractivity contribution in [2.75, 3.05) is 10.6 Å². The van der Waals surface area contributed by atoms with E-state index in [1.807, 2.05) is 12.1 Å². The Morgan fingerprint density at radius 1 is 1.09 bits per heavy atom. The molecule has 1 aliphatic rings. The lowest BCUT2D eigenvalue weighted by atomic mass is 9.72. The quantitative estimate of drug-likeness (QED) is 0.463. The van der Waals surface area contributed by atoms with E-state index < -0.39 is 0 Å². The van der Waals surface area contributed by atoms with Crippen LogP contribution < -0.4 is 10.6 Å². The van der Waals surface area contributed by atoms with Crippen LogP contribution >= 0.6 is 22.9 Å². The Bertz CT molecular complexity index is 1150. The van der Waals surface area contributed by atoms with Crippen LogP contribution in [0.4, 0.5) is 10.7 Å². The van der Waals surface area contributed by atoms with Crippen molar-refractivity contribution in [2.24, 2.45) is 11.3 Å². The summed E-state index contributed by atoms with van der Waals surface area (Å²) in [6.07, 6.45) is 5.85. The van der Waals surface area contributed by atoms with Gasteiger partial charge in [0.15, 0.2) is 0 Å². The first-order chi connectivity index (χ1) is 15.2. The molecule has 2 amide bonds. The summed E-state index contributed by atoms with van der Waals surface area (Å²) in [5.41, 5.74) is 2.74. The van der Waals surface area contributed by atoms with Gasteiger partial charge in [-0.05, 0) is 60.4 Å². The van der Waals surface area contributed by atoms with Crippen molar-refractivity contribution in [1.82, 2.24) is 4.98 Å². The molecule has 0 fully saturated rings. The zero-order valence-corrected chi connectivity index (χ0v) is 19.9. The summed E-state index contributed by atoms with van der Waals surface area (Å²) < 4.78 is 0. The third-order valence-corrected chi connectivity index (χ3v) is 7.49. The van der Waals surface area contributed by atoms with E-state index in [2.05, 4.69) is 36.4 Å². The Morgan fingerprint density at radius 3 is 2.56 bits per heavy atom. The number of hydrogen-bond donors (Lipinski definition) is 2. The van der Waals surface area contributed by atoms with Crippen LogP contribution in [0.25, 0.3) is 0 Å². The number of benzene rings is 1. The van der Waals surface area contributed by atoms with Crippen molar-refractivity contribution >= 4 is 45.4 Å². The van der Waals surface area contributed by atoms with Crippen molar-refractivity contribution in [3.8, 4) is 0 Å². The number of hydrogen-bond acceptors (Lipinski definition) is 4. The van der Waals surface area contributed by atoms with Crippen molar-refractivity contribution in [3.63, 3.8) is 0 Å². The molecule has 0 saturated carbocycles. The lowest BCUT2D eigenvalue weighted by molar-refractivity contribution is 0.102. The third-order valence-electron chi connectivity index (χ3n) is 5.99. The second-order valence-corrected chi connectivity index (χ2v) is 10.7. The molecule has 1 aromatic carbocycles. The van der Waals surface area contributed by atoms with Crippen LogP contribution in [-0.2, 0) is 12.8 Å². The number of para-hydroxylation sites is 1. The average molecular weight is 468 g/mol.